The maximum absolute atomic E-state index is 13.1. The average molecular weight is 438 g/mol. The van der Waals surface area contributed by atoms with Crippen molar-refractivity contribution in [3.05, 3.63) is 83.1 Å². The molecule has 0 bridgehead atoms. The van der Waals surface area contributed by atoms with E-state index in [1.165, 1.54) is 41.0 Å². The zero-order chi connectivity index (χ0) is 21.6. The zero-order valence-corrected chi connectivity index (χ0v) is 17.3. The Morgan fingerprint density at radius 2 is 1.90 bits per heavy atom. The number of carbonyl (C=O) groups is 1. The third-order valence-corrected chi connectivity index (χ3v) is 5.57. The van der Waals surface area contributed by atoms with E-state index in [-0.39, 0.29) is 17.3 Å². The van der Waals surface area contributed by atoms with Gasteiger partial charge in [0.1, 0.15) is 17.5 Å². The molecule has 1 aromatic carbocycles. The molecule has 31 heavy (non-hydrogen) atoms. The molecular formula is C21H19FN6O2S. The number of nitrogens with zero attached hydrogens (tertiary/aromatic N) is 5. The Bertz CT molecular complexity index is 1240. The molecule has 0 fully saturated rings. The summed E-state index contributed by atoms with van der Waals surface area (Å²) in [6, 6.07) is 9.67. The summed E-state index contributed by atoms with van der Waals surface area (Å²) in [5, 5.41) is 7.47. The Hall–Kier alpha value is -3.53. The summed E-state index contributed by atoms with van der Waals surface area (Å²) in [6.45, 7) is 1.05. The van der Waals surface area contributed by atoms with Crippen LogP contribution < -0.4 is 10.9 Å². The molecule has 1 amide bonds. The quantitative estimate of drug-likeness (QED) is 0.424. The van der Waals surface area contributed by atoms with Crippen molar-refractivity contribution in [1.82, 2.24) is 29.6 Å². The highest BCUT2D eigenvalue weighted by atomic mass is 32.2. The van der Waals surface area contributed by atoms with Gasteiger partial charge in [-0.1, -0.05) is 12.1 Å². The molecule has 0 atom stereocenters. The van der Waals surface area contributed by atoms with Gasteiger partial charge in [0.25, 0.3) is 5.56 Å². The van der Waals surface area contributed by atoms with Crippen molar-refractivity contribution < 1.29 is 9.18 Å². The first-order valence-electron chi connectivity index (χ1n) is 9.55. The SMILES string of the molecule is O=C(CSc1ccncc1)NCCn1ncc2c(=O)n(Cc3ccc(F)cc3)cnc21. The monoisotopic (exact) mass is 438 g/mol. The number of fused-ring (bicyclic) bond motifs is 1. The summed E-state index contributed by atoms with van der Waals surface area (Å²) < 4.78 is 16.1. The van der Waals surface area contributed by atoms with Gasteiger partial charge >= 0.3 is 0 Å². The number of nitrogens with one attached hydrogen (secondary N) is 1. The Kier molecular flexibility index (Phi) is 6.37. The fourth-order valence-electron chi connectivity index (χ4n) is 3.00. The van der Waals surface area contributed by atoms with Crippen LogP contribution in [0.4, 0.5) is 4.39 Å². The van der Waals surface area contributed by atoms with Gasteiger partial charge in [0.2, 0.25) is 5.91 Å². The summed E-state index contributed by atoms with van der Waals surface area (Å²) in [4.78, 5) is 34.0. The molecule has 4 aromatic rings. The van der Waals surface area contributed by atoms with Crippen LogP contribution in [0.15, 0.2) is 71.0 Å². The molecular weight excluding hydrogens is 419 g/mol. The smallest absolute Gasteiger partial charge is 0.264 e. The first kappa shape index (κ1) is 20.7. The van der Waals surface area contributed by atoms with Gasteiger partial charge in [0.05, 0.1) is 25.0 Å². The van der Waals surface area contributed by atoms with Crippen molar-refractivity contribution in [2.24, 2.45) is 0 Å². The predicted octanol–water partition coefficient (Wildman–Crippen LogP) is 2.08. The van der Waals surface area contributed by atoms with Gasteiger partial charge in [0, 0.05) is 23.8 Å². The Labute approximate surface area is 181 Å². The molecule has 0 aliphatic rings. The molecule has 0 saturated carbocycles. The minimum absolute atomic E-state index is 0.0899. The second-order valence-electron chi connectivity index (χ2n) is 6.73. The summed E-state index contributed by atoms with van der Waals surface area (Å²) in [5.41, 5.74) is 1.03. The number of benzene rings is 1. The molecule has 0 aliphatic carbocycles. The van der Waals surface area contributed by atoms with Crippen LogP contribution in [0, 0.1) is 5.82 Å². The lowest BCUT2D eigenvalue weighted by Gasteiger charge is -2.08. The van der Waals surface area contributed by atoms with E-state index >= 15 is 0 Å². The van der Waals surface area contributed by atoms with Gasteiger partial charge in [-0.05, 0) is 29.8 Å². The molecule has 0 unspecified atom stereocenters. The fraction of sp³-hybridized carbons (Fsp3) is 0.190. The van der Waals surface area contributed by atoms with Crippen molar-refractivity contribution in [2.45, 2.75) is 18.0 Å². The van der Waals surface area contributed by atoms with Gasteiger partial charge < -0.3 is 5.32 Å². The number of thioether (sulfide) groups is 1. The highest BCUT2D eigenvalue weighted by molar-refractivity contribution is 8.00. The molecule has 0 radical (unpaired) electrons. The Balaban J connectivity index is 1.35. The van der Waals surface area contributed by atoms with E-state index in [2.05, 4.69) is 20.4 Å². The van der Waals surface area contributed by atoms with Crippen LogP contribution in [0.1, 0.15) is 5.56 Å². The van der Waals surface area contributed by atoms with Gasteiger partial charge in [-0.15, -0.1) is 11.8 Å². The lowest BCUT2D eigenvalue weighted by molar-refractivity contribution is -0.118. The van der Waals surface area contributed by atoms with Gasteiger partial charge in [0.15, 0.2) is 5.65 Å². The number of amides is 1. The second-order valence-corrected chi connectivity index (χ2v) is 7.78. The first-order chi connectivity index (χ1) is 15.1. The first-order valence-corrected chi connectivity index (χ1v) is 10.5. The lowest BCUT2D eigenvalue weighted by atomic mass is 10.2. The second kappa shape index (κ2) is 9.52. The third kappa shape index (κ3) is 5.15. The predicted molar refractivity (Wildman–Crippen MR) is 115 cm³/mol. The summed E-state index contributed by atoms with van der Waals surface area (Å²) in [5.74, 6) is -0.113. The normalized spacial score (nSPS) is 11.0. The maximum Gasteiger partial charge on any atom is 0.264 e. The Morgan fingerprint density at radius 1 is 1.13 bits per heavy atom. The summed E-state index contributed by atoms with van der Waals surface area (Å²) in [6.07, 6.45) is 6.30. The van der Waals surface area contributed by atoms with Crippen molar-refractivity contribution in [3.63, 3.8) is 0 Å². The van der Waals surface area contributed by atoms with Crippen LogP contribution >= 0.6 is 11.8 Å². The molecule has 0 saturated heterocycles. The van der Waals surface area contributed by atoms with Crippen LogP contribution in [-0.2, 0) is 17.9 Å². The van der Waals surface area contributed by atoms with Crippen molar-refractivity contribution in [1.29, 1.82) is 0 Å². The fourth-order valence-corrected chi connectivity index (χ4v) is 3.71. The number of hydrogen-bond donors (Lipinski definition) is 1. The van der Waals surface area contributed by atoms with Gasteiger partial charge in [-0.3, -0.25) is 19.1 Å². The van der Waals surface area contributed by atoms with Crippen LogP contribution in [0.5, 0.6) is 0 Å². The van der Waals surface area contributed by atoms with Gasteiger partial charge in [-0.2, -0.15) is 5.10 Å². The lowest BCUT2D eigenvalue weighted by Crippen LogP contribution is -2.29. The maximum atomic E-state index is 13.1. The topological polar surface area (TPSA) is 94.7 Å². The number of aromatic nitrogens is 5. The number of carbonyl (C=O) groups excluding carboxylic acids is 1. The van der Waals surface area contributed by atoms with Crippen LogP contribution in [0.2, 0.25) is 0 Å². The summed E-state index contributed by atoms with van der Waals surface area (Å²) in [7, 11) is 0. The zero-order valence-electron chi connectivity index (χ0n) is 16.4. The molecule has 3 heterocycles. The molecule has 0 spiro atoms. The molecule has 8 nitrogen and oxygen atoms in total. The third-order valence-electron chi connectivity index (χ3n) is 4.55. The molecule has 1 N–H and O–H groups in total. The minimum atomic E-state index is -0.325. The molecule has 4 rings (SSSR count). The number of rotatable bonds is 8. The number of halogens is 1. The highest BCUT2D eigenvalue weighted by Gasteiger charge is 2.11. The van der Waals surface area contributed by atoms with Crippen LogP contribution in [0.3, 0.4) is 0 Å². The van der Waals surface area contributed by atoms with E-state index in [1.807, 2.05) is 12.1 Å². The standard InChI is InChI=1S/C21H19FN6O2S/c22-16-3-1-15(2-4-16)12-27-14-25-20-18(21(27)30)11-26-28(20)10-9-24-19(29)13-31-17-5-7-23-8-6-17/h1-8,11,14H,9-10,12-13H2,(H,24,29). The molecule has 158 valence electrons. The molecule has 0 aliphatic heterocycles. The minimum Gasteiger partial charge on any atom is -0.354 e. The van der Waals surface area contributed by atoms with Crippen molar-refractivity contribution in [2.75, 3.05) is 12.3 Å². The summed E-state index contributed by atoms with van der Waals surface area (Å²) >= 11 is 1.43. The van der Waals surface area contributed by atoms with E-state index < -0.39 is 0 Å². The van der Waals surface area contributed by atoms with Gasteiger partial charge in [-0.25, -0.2) is 14.1 Å². The van der Waals surface area contributed by atoms with Crippen molar-refractivity contribution in [3.8, 4) is 0 Å². The average Bonchev–Trinajstić information content (AvgIpc) is 3.20. The highest BCUT2D eigenvalue weighted by Crippen LogP contribution is 2.15. The van der Waals surface area contributed by atoms with E-state index in [1.54, 1.807) is 29.2 Å². The Morgan fingerprint density at radius 3 is 2.68 bits per heavy atom. The molecule has 3 aromatic heterocycles. The van der Waals surface area contributed by atoms with Crippen molar-refractivity contribution >= 4 is 28.7 Å². The molecule has 10 heteroatoms. The number of pyridine rings is 1. The van der Waals surface area contributed by atoms with E-state index in [4.69, 9.17) is 0 Å². The largest absolute Gasteiger partial charge is 0.354 e. The number of hydrogen-bond acceptors (Lipinski definition) is 6. The van der Waals surface area contributed by atoms with E-state index in [9.17, 15) is 14.0 Å². The van der Waals surface area contributed by atoms with Crippen LogP contribution in [0.25, 0.3) is 11.0 Å². The van der Waals surface area contributed by atoms with E-state index in [0.717, 1.165) is 10.5 Å². The van der Waals surface area contributed by atoms with Crippen LogP contribution in [-0.4, -0.2) is 42.5 Å². The van der Waals surface area contributed by atoms with E-state index in [0.29, 0.717) is 36.4 Å².